The number of carbonyl (C=O) groups excluding carboxylic acids is 1. The highest BCUT2D eigenvalue weighted by Crippen LogP contribution is 2.26. The Hall–Kier alpha value is -2.12. The van der Waals surface area contributed by atoms with Crippen molar-refractivity contribution in [1.29, 1.82) is 0 Å². The second-order valence-electron chi connectivity index (χ2n) is 3.92. The van der Waals surface area contributed by atoms with Gasteiger partial charge in [0.25, 0.3) is 5.91 Å². The van der Waals surface area contributed by atoms with Crippen LogP contribution in [0.15, 0.2) is 18.2 Å². The fourth-order valence-corrected chi connectivity index (χ4v) is 2.51. The first-order valence-electron chi connectivity index (χ1n) is 5.45. The van der Waals surface area contributed by atoms with Gasteiger partial charge in [-0.1, -0.05) is 22.9 Å². The number of nitrogens with two attached hydrogens (primary N) is 1. The number of aromatic carboxylic acids is 1. The molecule has 0 radical (unpaired) electrons. The largest absolute Gasteiger partial charge is 0.478 e. The smallest absolute Gasteiger partial charge is 0.335 e. The molecule has 0 fully saturated rings. The van der Waals surface area contributed by atoms with E-state index in [9.17, 15) is 9.59 Å². The first-order chi connectivity index (χ1) is 9.38. The van der Waals surface area contributed by atoms with E-state index < -0.39 is 5.97 Å². The van der Waals surface area contributed by atoms with Crippen molar-refractivity contribution in [2.75, 3.05) is 11.1 Å². The number of aromatic nitrogens is 1. The summed E-state index contributed by atoms with van der Waals surface area (Å²) in [6, 6.07) is 4.06. The van der Waals surface area contributed by atoms with Crippen molar-refractivity contribution in [2.45, 2.75) is 6.92 Å². The molecule has 0 saturated heterocycles. The standard InChI is InChI=1S/C12H10ClN3O3S/c1-5-9(20-12(14)15-5)10(17)16-8-3-2-6(11(18)19)4-7(8)13/h2-4H,1H3,(H2,14,15)(H,16,17)(H,18,19). The molecule has 0 spiro atoms. The van der Waals surface area contributed by atoms with Crippen molar-refractivity contribution < 1.29 is 14.7 Å². The SMILES string of the molecule is Cc1nc(N)sc1C(=O)Nc1ccc(C(=O)O)cc1Cl. The quantitative estimate of drug-likeness (QED) is 0.808. The van der Waals surface area contributed by atoms with Gasteiger partial charge in [-0.25, -0.2) is 9.78 Å². The highest BCUT2D eigenvalue weighted by molar-refractivity contribution is 7.17. The van der Waals surface area contributed by atoms with Crippen molar-refractivity contribution in [3.05, 3.63) is 39.4 Å². The van der Waals surface area contributed by atoms with Gasteiger partial charge in [-0.15, -0.1) is 0 Å². The summed E-state index contributed by atoms with van der Waals surface area (Å²) in [4.78, 5) is 27.2. The second-order valence-corrected chi connectivity index (χ2v) is 5.36. The molecule has 0 bridgehead atoms. The topological polar surface area (TPSA) is 105 Å². The Labute approximate surface area is 123 Å². The zero-order valence-electron chi connectivity index (χ0n) is 10.3. The minimum atomic E-state index is -1.09. The number of benzene rings is 1. The number of hydrogen-bond acceptors (Lipinski definition) is 5. The molecular formula is C12H10ClN3O3S. The Bertz CT molecular complexity index is 699. The number of halogens is 1. The van der Waals surface area contributed by atoms with Crippen LogP contribution in [0.5, 0.6) is 0 Å². The van der Waals surface area contributed by atoms with Crippen LogP contribution in [-0.4, -0.2) is 22.0 Å². The zero-order valence-corrected chi connectivity index (χ0v) is 11.9. The average molecular weight is 312 g/mol. The van der Waals surface area contributed by atoms with Gasteiger partial charge in [-0.2, -0.15) is 0 Å². The number of nitrogens with one attached hydrogen (secondary N) is 1. The third-order valence-electron chi connectivity index (χ3n) is 2.48. The molecule has 2 aromatic rings. The lowest BCUT2D eigenvalue weighted by atomic mass is 10.2. The van der Waals surface area contributed by atoms with Crippen LogP contribution >= 0.6 is 22.9 Å². The number of anilines is 2. The summed E-state index contributed by atoms with van der Waals surface area (Å²) in [7, 11) is 0. The fourth-order valence-electron chi connectivity index (χ4n) is 1.56. The summed E-state index contributed by atoms with van der Waals surface area (Å²) < 4.78 is 0. The number of carboxylic acid groups (broad SMARTS) is 1. The van der Waals surface area contributed by atoms with E-state index in [0.29, 0.717) is 21.4 Å². The van der Waals surface area contributed by atoms with Crippen molar-refractivity contribution >= 4 is 45.6 Å². The molecule has 0 atom stereocenters. The first kappa shape index (κ1) is 14.3. The number of hydrogen-bond donors (Lipinski definition) is 3. The molecule has 0 aliphatic heterocycles. The van der Waals surface area contributed by atoms with Gasteiger partial charge in [-0.3, -0.25) is 4.79 Å². The highest BCUT2D eigenvalue weighted by Gasteiger charge is 2.16. The monoisotopic (exact) mass is 311 g/mol. The van der Waals surface area contributed by atoms with Crippen molar-refractivity contribution in [3.8, 4) is 0 Å². The molecule has 0 unspecified atom stereocenters. The van der Waals surface area contributed by atoms with Crippen LogP contribution in [0.3, 0.4) is 0 Å². The van der Waals surface area contributed by atoms with Crippen molar-refractivity contribution in [1.82, 2.24) is 4.98 Å². The summed E-state index contributed by atoms with van der Waals surface area (Å²) in [5.74, 6) is -1.47. The number of carbonyl (C=O) groups is 2. The van der Waals surface area contributed by atoms with E-state index in [0.717, 1.165) is 11.3 Å². The molecule has 8 heteroatoms. The van der Waals surface area contributed by atoms with Gasteiger partial charge in [-0.05, 0) is 25.1 Å². The summed E-state index contributed by atoms with van der Waals surface area (Å²) in [6.45, 7) is 1.68. The second kappa shape index (κ2) is 5.48. The first-order valence-corrected chi connectivity index (χ1v) is 6.65. The van der Waals surface area contributed by atoms with Gasteiger partial charge in [0.2, 0.25) is 0 Å². The Morgan fingerprint density at radius 3 is 2.65 bits per heavy atom. The molecular weight excluding hydrogens is 302 g/mol. The van der Waals surface area contributed by atoms with Crippen LogP contribution in [-0.2, 0) is 0 Å². The number of aryl methyl sites for hydroxylation is 1. The van der Waals surface area contributed by atoms with E-state index in [1.165, 1.54) is 18.2 Å². The molecule has 1 aromatic heterocycles. The molecule has 0 saturated carbocycles. The Kier molecular flexibility index (Phi) is 3.91. The van der Waals surface area contributed by atoms with E-state index in [4.69, 9.17) is 22.4 Å². The molecule has 104 valence electrons. The van der Waals surface area contributed by atoms with Gasteiger partial charge in [0.1, 0.15) is 4.88 Å². The maximum Gasteiger partial charge on any atom is 0.335 e. The summed E-state index contributed by atoms with van der Waals surface area (Å²) in [5, 5.41) is 11.9. The lowest BCUT2D eigenvalue weighted by Crippen LogP contribution is -2.12. The zero-order chi connectivity index (χ0) is 14.9. The molecule has 4 N–H and O–H groups in total. The lowest BCUT2D eigenvalue weighted by molar-refractivity contribution is 0.0696. The van der Waals surface area contributed by atoms with Gasteiger partial charge in [0, 0.05) is 0 Å². The van der Waals surface area contributed by atoms with Gasteiger partial charge < -0.3 is 16.2 Å². The third kappa shape index (κ3) is 2.89. The molecule has 1 aromatic carbocycles. The maximum absolute atomic E-state index is 12.0. The third-order valence-corrected chi connectivity index (χ3v) is 3.78. The predicted octanol–water partition coefficient (Wildman–Crippen LogP) is 2.64. The summed E-state index contributed by atoms with van der Waals surface area (Å²) in [5.41, 5.74) is 6.43. The van der Waals surface area contributed by atoms with Crippen LogP contribution in [0.2, 0.25) is 5.02 Å². The van der Waals surface area contributed by atoms with Crippen molar-refractivity contribution in [3.63, 3.8) is 0 Å². The number of rotatable bonds is 3. The molecule has 6 nitrogen and oxygen atoms in total. The van der Waals surface area contributed by atoms with Crippen LogP contribution in [0.1, 0.15) is 25.7 Å². The number of nitrogens with zero attached hydrogens (tertiary/aromatic N) is 1. The molecule has 1 heterocycles. The molecule has 0 aliphatic rings. The predicted molar refractivity (Wildman–Crippen MR) is 77.6 cm³/mol. The number of nitrogen functional groups attached to an aromatic ring is 1. The van der Waals surface area contributed by atoms with Gasteiger partial charge >= 0.3 is 5.97 Å². The van der Waals surface area contributed by atoms with E-state index in [2.05, 4.69) is 10.3 Å². The number of thiazole rings is 1. The van der Waals surface area contributed by atoms with Gasteiger partial charge in [0.05, 0.1) is 22.0 Å². The van der Waals surface area contributed by atoms with E-state index in [-0.39, 0.29) is 16.5 Å². The maximum atomic E-state index is 12.0. The number of carboxylic acids is 1. The number of amides is 1. The minimum Gasteiger partial charge on any atom is -0.478 e. The fraction of sp³-hybridized carbons (Fsp3) is 0.0833. The molecule has 0 aliphatic carbocycles. The lowest BCUT2D eigenvalue weighted by Gasteiger charge is -2.07. The van der Waals surface area contributed by atoms with Crippen LogP contribution < -0.4 is 11.1 Å². The van der Waals surface area contributed by atoms with Gasteiger partial charge in [0.15, 0.2) is 5.13 Å². The minimum absolute atomic E-state index is 0.0474. The molecule has 20 heavy (non-hydrogen) atoms. The van der Waals surface area contributed by atoms with Crippen LogP contribution in [0.4, 0.5) is 10.8 Å². The van der Waals surface area contributed by atoms with Crippen molar-refractivity contribution in [2.24, 2.45) is 0 Å². The average Bonchev–Trinajstić information content (AvgIpc) is 2.70. The highest BCUT2D eigenvalue weighted by atomic mass is 35.5. The Balaban J connectivity index is 2.24. The summed E-state index contributed by atoms with van der Waals surface area (Å²) in [6.07, 6.45) is 0. The van der Waals surface area contributed by atoms with E-state index >= 15 is 0 Å². The molecule has 2 rings (SSSR count). The van der Waals surface area contributed by atoms with E-state index in [1.807, 2.05) is 0 Å². The summed E-state index contributed by atoms with van der Waals surface area (Å²) >= 11 is 7.01. The van der Waals surface area contributed by atoms with Crippen LogP contribution in [0.25, 0.3) is 0 Å². The van der Waals surface area contributed by atoms with Crippen LogP contribution in [0, 0.1) is 6.92 Å². The molecule has 1 amide bonds. The normalized spacial score (nSPS) is 10.3. The van der Waals surface area contributed by atoms with E-state index in [1.54, 1.807) is 6.92 Å². The Morgan fingerprint density at radius 2 is 2.15 bits per heavy atom. The Morgan fingerprint density at radius 1 is 1.45 bits per heavy atom.